The number of methoxy groups -OCH3 is 1. The van der Waals surface area contributed by atoms with Gasteiger partial charge in [0.1, 0.15) is 12.7 Å². The Kier molecular flexibility index (Phi) is 7.25. The second kappa shape index (κ2) is 9.88. The molecule has 0 saturated heterocycles. The first-order chi connectivity index (χ1) is 14.4. The molecule has 0 radical (unpaired) electrons. The lowest BCUT2D eigenvalue weighted by Crippen LogP contribution is -2.21. The number of aliphatic hydroxyl groups is 2. The van der Waals surface area contributed by atoms with Gasteiger partial charge in [0.15, 0.2) is 11.5 Å². The molecular formula is C21H24ClN3O5. The van der Waals surface area contributed by atoms with Gasteiger partial charge in [0, 0.05) is 22.5 Å². The molecule has 0 aliphatic carbocycles. The highest BCUT2D eigenvalue weighted by molar-refractivity contribution is 6.32. The fraction of sp³-hybridized carbons (Fsp3) is 0.381. The van der Waals surface area contributed by atoms with Crippen molar-refractivity contribution in [3.8, 4) is 34.3 Å². The van der Waals surface area contributed by atoms with Crippen molar-refractivity contribution < 1.29 is 24.2 Å². The van der Waals surface area contributed by atoms with Gasteiger partial charge >= 0.3 is 0 Å². The first-order valence-electron chi connectivity index (χ1n) is 9.56. The highest BCUT2D eigenvalue weighted by Gasteiger charge is 2.18. The standard InChI is InChI=1S/C21H24ClN3O5/c1-4-5-15-7-14(6-12(2)23-15)21-24-20(25-30-21)13-8-17(22)19(18(9-13)28-3)29-11-16(27)10-26/h6-9,16,26-27H,4-5,10-11H2,1-3H3/t16-/m1/s1. The summed E-state index contributed by atoms with van der Waals surface area (Å²) in [5, 5.41) is 22.8. The van der Waals surface area contributed by atoms with Crippen molar-refractivity contribution in [1.82, 2.24) is 15.1 Å². The average molecular weight is 434 g/mol. The Morgan fingerprint density at radius 2 is 1.97 bits per heavy atom. The number of hydrogen-bond donors (Lipinski definition) is 2. The number of aliphatic hydroxyl groups excluding tert-OH is 2. The molecule has 2 aromatic heterocycles. The van der Waals surface area contributed by atoms with Crippen molar-refractivity contribution in [2.24, 2.45) is 0 Å². The Morgan fingerprint density at radius 1 is 1.17 bits per heavy atom. The van der Waals surface area contributed by atoms with Crippen molar-refractivity contribution >= 4 is 11.6 Å². The lowest BCUT2D eigenvalue weighted by atomic mass is 10.1. The topological polar surface area (TPSA) is 111 Å². The molecule has 0 aliphatic rings. The van der Waals surface area contributed by atoms with E-state index in [-0.39, 0.29) is 17.4 Å². The first kappa shape index (κ1) is 22.0. The molecule has 0 bridgehead atoms. The van der Waals surface area contributed by atoms with Gasteiger partial charge in [-0.15, -0.1) is 0 Å². The number of benzene rings is 1. The molecule has 1 aromatic carbocycles. The third-order valence-corrected chi connectivity index (χ3v) is 4.58. The van der Waals surface area contributed by atoms with E-state index in [1.165, 1.54) is 7.11 Å². The quantitative estimate of drug-likeness (QED) is 0.527. The van der Waals surface area contributed by atoms with Crippen LogP contribution in [-0.4, -0.2) is 51.8 Å². The number of hydrogen-bond acceptors (Lipinski definition) is 8. The SMILES string of the molecule is CCCc1cc(-c2nc(-c3cc(Cl)c(OC[C@H](O)CO)c(OC)c3)no2)cc(C)n1. The normalized spacial score (nSPS) is 12.1. The highest BCUT2D eigenvalue weighted by atomic mass is 35.5. The van der Waals surface area contributed by atoms with E-state index in [2.05, 4.69) is 22.0 Å². The minimum absolute atomic E-state index is 0.125. The first-order valence-corrected chi connectivity index (χ1v) is 9.94. The number of aromatic nitrogens is 3. The van der Waals surface area contributed by atoms with E-state index in [4.69, 9.17) is 30.7 Å². The molecule has 160 valence electrons. The van der Waals surface area contributed by atoms with Crippen LogP contribution in [0.2, 0.25) is 5.02 Å². The fourth-order valence-corrected chi connectivity index (χ4v) is 3.19. The summed E-state index contributed by atoms with van der Waals surface area (Å²) in [5.41, 5.74) is 3.25. The molecular weight excluding hydrogens is 410 g/mol. The second-order valence-electron chi connectivity index (χ2n) is 6.80. The zero-order valence-electron chi connectivity index (χ0n) is 17.1. The Labute approximate surface area is 179 Å². The lowest BCUT2D eigenvalue weighted by molar-refractivity contribution is 0.0528. The molecule has 3 rings (SSSR count). The zero-order valence-corrected chi connectivity index (χ0v) is 17.8. The summed E-state index contributed by atoms with van der Waals surface area (Å²) in [6, 6.07) is 7.14. The Bertz CT molecular complexity index is 1010. The molecule has 0 saturated carbocycles. The molecule has 1 atom stereocenters. The monoisotopic (exact) mass is 433 g/mol. The summed E-state index contributed by atoms with van der Waals surface area (Å²) < 4.78 is 16.3. The van der Waals surface area contributed by atoms with Crippen LogP contribution in [0.25, 0.3) is 22.8 Å². The van der Waals surface area contributed by atoms with Crippen LogP contribution in [0.15, 0.2) is 28.8 Å². The van der Waals surface area contributed by atoms with Crippen LogP contribution in [0.1, 0.15) is 24.7 Å². The van der Waals surface area contributed by atoms with Gasteiger partial charge in [0.05, 0.1) is 18.7 Å². The molecule has 9 heteroatoms. The molecule has 0 fully saturated rings. The maximum absolute atomic E-state index is 9.49. The van der Waals surface area contributed by atoms with Gasteiger partial charge in [0.25, 0.3) is 5.89 Å². The van der Waals surface area contributed by atoms with Gasteiger partial charge in [0.2, 0.25) is 5.82 Å². The average Bonchev–Trinajstić information content (AvgIpc) is 3.22. The van der Waals surface area contributed by atoms with Crippen LogP contribution in [0.3, 0.4) is 0 Å². The smallest absolute Gasteiger partial charge is 0.258 e. The van der Waals surface area contributed by atoms with Crippen molar-refractivity contribution in [3.63, 3.8) is 0 Å². The van der Waals surface area contributed by atoms with E-state index < -0.39 is 12.7 Å². The van der Waals surface area contributed by atoms with Gasteiger partial charge in [-0.05, 0) is 37.6 Å². The largest absolute Gasteiger partial charge is 0.493 e. The number of ether oxygens (including phenoxy) is 2. The lowest BCUT2D eigenvalue weighted by Gasteiger charge is -2.15. The van der Waals surface area contributed by atoms with Crippen LogP contribution in [0.4, 0.5) is 0 Å². The molecule has 30 heavy (non-hydrogen) atoms. The number of rotatable bonds is 9. The third kappa shape index (κ3) is 5.08. The molecule has 0 unspecified atom stereocenters. The summed E-state index contributed by atoms with van der Waals surface area (Å²) in [7, 11) is 1.47. The van der Waals surface area contributed by atoms with E-state index in [0.29, 0.717) is 23.0 Å². The molecule has 3 aromatic rings. The summed E-state index contributed by atoms with van der Waals surface area (Å²) in [5.74, 6) is 1.33. The summed E-state index contributed by atoms with van der Waals surface area (Å²) in [6.07, 6.45) is 0.841. The van der Waals surface area contributed by atoms with Gasteiger partial charge in [-0.3, -0.25) is 4.98 Å². The number of nitrogens with zero attached hydrogens (tertiary/aromatic N) is 3. The van der Waals surface area contributed by atoms with E-state index in [1.807, 2.05) is 19.1 Å². The van der Waals surface area contributed by atoms with Gasteiger partial charge in [-0.25, -0.2) is 0 Å². The molecule has 2 N–H and O–H groups in total. The van der Waals surface area contributed by atoms with Crippen LogP contribution in [0.5, 0.6) is 11.5 Å². The van der Waals surface area contributed by atoms with Crippen molar-refractivity contribution in [3.05, 3.63) is 40.7 Å². The number of pyridine rings is 1. The predicted molar refractivity (Wildman–Crippen MR) is 112 cm³/mol. The van der Waals surface area contributed by atoms with Crippen LogP contribution in [-0.2, 0) is 6.42 Å². The minimum Gasteiger partial charge on any atom is -0.493 e. The molecule has 2 heterocycles. The summed E-state index contributed by atoms with van der Waals surface area (Å²) >= 11 is 6.35. The van der Waals surface area contributed by atoms with Crippen molar-refractivity contribution in [2.75, 3.05) is 20.3 Å². The Morgan fingerprint density at radius 3 is 2.67 bits per heavy atom. The number of aryl methyl sites for hydroxylation is 2. The fourth-order valence-electron chi connectivity index (χ4n) is 2.92. The third-order valence-electron chi connectivity index (χ3n) is 4.30. The summed E-state index contributed by atoms with van der Waals surface area (Å²) in [6.45, 7) is 3.48. The maximum atomic E-state index is 9.49. The minimum atomic E-state index is -1.02. The van der Waals surface area contributed by atoms with E-state index in [1.54, 1.807) is 12.1 Å². The van der Waals surface area contributed by atoms with Crippen LogP contribution in [0, 0.1) is 6.92 Å². The molecule has 0 aliphatic heterocycles. The van der Waals surface area contributed by atoms with Gasteiger partial charge < -0.3 is 24.2 Å². The van der Waals surface area contributed by atoms with E-state index in [9.17, 15) is 5.11 Å². The van der Waals surface area contributed by atoms with Crippen molar-refractivity contribution in [1.29, 1.82) is 0 Å². The zero-order chi connectivity index (χ0) is 21.7. The van der Waals surface area contributed by atoms with Gasteiger partial charge in [-0.1, -0.05) is 30.1 Å². The van der Waals surface area contributed by atoms with Crippen LogP contribution >= 0.6 is 11.6 Å². The summed E-state index contributed by atoms with van der Waals surface area (Å²) in [4.78, 5) is 9.02. The Balaban J connectivity index is 1.91. The molecule has 8 nitrogen and oxygen atoms in total. The van der Waals surface area contributed by atoms with Crippen molar-refractivity contribution in [2.45, 2.75) is 32.8 Å². The predicted octanol–water partition coefficient (Wildman–Crippen LogP) is 3.45. The highest BCUT2D eigenvalue weighted by Crippen LogP contribution is 2.39. The Hall–Kier alpha value is -2.68. The van der Waals surface area contributed by atoms with Crippen LogP contribution < -0.4 is 9.47 Å². The van der Waals surface area contributed by atoms with Gasteiger partial charge in [-0.2, -0.15) is 4.98 Å². The molecule has 0 spiro atoms. The maximum Gasteiger partial charge on any atom is 0.258 e. The number of halogens is 1. The van der Waals surface area contributed by atoms with E-state index >= 15 is 0 Å². The second-order valence-corrected chi connectivity index (χ2v) is 7.21. The molecule has 0 amide bonds. The van der Waals surface area contributed by atoms with E-state index in [0.717, 1.165) is 29.8 Å².